The molecular formula is C20H23ClN2O4. The van der Waals surface area contributed by atoms with Crippen molar-refractivity contribution in [2.24, 2.45) is 0 Å². The van der Waals surface area contributed by atoms with Crippen LogP contribution in [0.1, 0.15) is 12.5 Å². The SMILES string of the molecule is CCN(CC(=O)Nc1ccccc1OC)C(=O)COc1ccc(Cl)c(C)c1. The molecular weight excluding hydrogens is 368 g/mol. The molecule has 0 bridgehead atoms. The van der Waals surface area contributed by atoms with E-state index in [0.29, 0.717) is 28.8 Å². The molecule has 0 heterocycles. The van der Waals surface area contributed by atoms with Crippen LogP contribution in [0.2, 0.25) is 5.02 Å². The third-order valence-electron chi connectivity index (χ3n) is 3.94. The van der Waals surface area contributed by atoms with Crippen molar-refractivity contribution in [1.29, 1.82) is 0 Å². The van der Waals surface area contributed by atoms with Crippen LogP contribution in [0.3, 0.4) is 0 Å². The summed E-state index contributed by atoms with van der Waals surface area (Å²) < 4.78 is 10.7. The van der Waals surface area contributed by atoms with E-state index in [1.165, 1.54) is 12.0 Å². The number of nitrogens with one attached hydrogen (secondary N) is 1. The number of hydrogen-bond acceptors (Lipinski definition) is 4. The molecule has 2 rings (SSSR count). The molecule has 1 N–H and O–H groups in total. The van der Waals surface area contributed by atoms with Gasteiger partial charge in [0.15, 0.2) is 6.61 Å². The monoisotopic (exact) mass is 390 g/mol. The first-order valence-corrected chi connectivity index (χ1v) is 8.92. The minimum Gasteiger partial charge on any atom is -0.495 e. The first-order valence-electron chi connectivity index (χ1n) is 8.54. The number of methoxy groups -OCH3 is 1. The van der Waals surface area contributed by atoms with Crippen molar-refractivity contribution < 1.29 is 19.1 Å². The predicted octanol–water partition coefficient (Wildman–Crippen LogP) is 3.52. The largest absolute Gasteiger partial charge is 0.495 e. The van der Waals surface area contributed by atoms with E-state index < -0.39 is 0 Å². The summed E-state index contributed by atoms with van der Waals surface area (Å²) in [5.41, 5.74) is 1.42. The van der Waals surface area contributed by atoms with Gasteiger partial charge in [-0.1, -0.05) is 23.7 Å². The number of halogens is 1. The Hall–Kier alpha value is -2.73. The van der Waals surface area contributed by atoms with Gasteiger partial charge >= 0.3 is 0 Å². The molecule has 2 aromatic carbocycles. The highest BCUT2D eigenvalue weighted by atomic mass is 35.5. The summed E-state index contributed by atoms with van der Waals surface area (Å²) in [4.78, 5) is 26.1. The number of aryl methyl sites for hydroxylation is 1. The number of hydrogen-bond donors (Lipinski definition) is 1. The number of nitrogens with zero attached hydrogens (tertiary/aromatic N) is 1. The van der Waals surface area contributed by atoms with Crippen molar-refractivity contribution in [1.82, 2.24) is 4.90 Å². The highest BCUT2D eigenvalue weighted by Crippen LogP contribution is 2.23. The zero-order valence-corrected chi connectivity index (χ0v) is 16.4. The first kappa shape index (κ1) is 20.6. The summed E-state index contributed by atoms with van der Waals surface area (Å²) >= 11 is 5.98. The fourth-order valence-electron chi connectivity index (χ4n) is 2.43. The molecule has 0 saturated carbocycles. The Labute approximate surface area is 164 Å². The predicted molar refractivity (Wildman–Crippen MR) is 106 cm³/mol. The zero-order valence-electron chi connectivity index (χ0n) is 15.6. The number of carbonyl (C=O) groups is 2. The molecule has 0 radical (unpaired) electrons. The van der Waals surface area contributed by atoms with Gasteiger partial charge in [-0.15, -0.1) is 0 Å². The molecule has 0 atom stereocenters. The van der Waals surface area contributed by atoms with Gasteiger partial charge in [0, 0.05) is 11.6 Å². The molecule has 6 nitrogen and oxygen atoms in total. The van der Waals surface area contributed by atoms with Crippen LogP contribution in [-0.2, 0) is 9.59 Å². The lowest BCUT2D eigenvalue weighted by molar-refractivity contribution is -0.136. The van der Waals surface area contributed by atoms with Crippen LogP contribution in [0.4, 0.5) is 5.69 Å². The zero-order chi connectivity index (χ0) is 19.8. The molecule has 0 aliphatic carbocycles. The van der Waals surface area contributed by atoms with Crippen LogP contribution < -0.4 is 14.8 Å². The van der Waals surface area contributed by atoms with Crippen LogP contribution in [-0.4, -0.2) is 43.5 Å². The quantitative estimate of drug-likeness (QED) is 0.748. The van der Waals surface area contributed by atoms with E-state index in [4.69, 9.17) is 21.1 Å². The highest BCUT2D eigenvalue weighted by molar-refractivity contribution is 6.31. The highest BCUT2D eigenvalue weighted by Gasteiger charge is 2.17. The fourth-order valence-corrected chi connectivity index (χ4v) is 2.55. The Morgan fingerprint density at radius 1 is 1.19 bits per heavy atom. The van der Waals surface area contributed by atoms with Gasteiger partial charge in [-0.25, -0.2) is 0 Å². The van der Waals surface area contributed by atoms with E-state index >= 15 is 0 Å². The molecule has 7 heteroatoms. The Morgan fingerprint density at radius 3 is 2.59 bits per heavy atom. The molecule has 27 heavy (non-hydrogen) atoms. The Morgan fingerprint density at radius 2 is 1.93 bits per heavy atom. The van der Waals surface area contributed by atoms with Gasteiger partial charge in [-0.3, -0.25) is 9.59 Å². The summed E-state index contributed by atoms with van der Waals surface area (Å²) in [6.07, 6.45) is 0. The number of likely N-dealkylation sites (N-methyl/N-ethyl adjacent to an activating group) is 1. The number of carbonyl (C=O) groups excluding carboxylic acids is 2. The summed E-state index contributed by atoms with van der Waals surface area (Å²) in [6.45, 7) is 3.83. The number of ether oxygens (including phenoxy) is 2. The number of para-hydroxylation sites is 2. The molecule has 0 saturated heterocycles. The lowest BCUT2D eigenvalue weighted by Crippen LogP contribution is -2.40. The van der Waals surface area contributed by atoms with Crippen LogP contribution in [0.25, 0.3) is 0 Å². The third kappa shape index (κ3) is 5.89. The van der Waals surface area contributed by atoms with Gasteiger partial charge in [-0.05, 0) is 49.7 Å². The Balaban J connectivity index is 1.91. The van der Waals surface area contributed by atoms with Gasteiger partial charge in [0.2, 0.25) is 5.91 Å². The van der Waals surface area contributed by atoms with Crippen molar-refractivity contribution in [2.45, 2.75) is 13.8 Å². The van der Waals surface area contributed by atoms with E-state index in [1.54, 1.807) is 43.3 Å². The number of benzene rings is 2. The molecule has 0 fully saturated rings. The average molecular weight is 391 g/mol. The standard InChI is InChI=1S/C20H23ClN2O4/c1-4-23(12-19(24)22-17-7-5-6-8-18(17)26-3)20(25)13-27-15-9-10-16(21)14(2)11-15/h5-11H,4,12-13H2,1-3H3,(H,22,24). The molecule has 2 amide bonds. The van der Waals surface area contributed by atoms with E-state index in [-0.39, 0.29) is 25.0 Å². The molecule has 0 aromatic heterocycles. The second-order valence-corrected chi connectivity index (χ2v) is 6.26. The van der Waals surface area contributed by atoms with E-state index in [2.05, 4.69) is 5.32 Å². The topological polar surface area (TPSA) is 67.9 Å². The normalized spacial score (nSPS) is 10.2. The first-order chi connectivity index (χ1) is 12.9. The smallest absolute Gasteiger partial charge is 0.260 e. The molecule has 0 unspecified atom stereocenters. The molecule has 2 aromatic rings. The van der Waals surface area contributed by atoms with Crippen molar-refractivity contribution in [2.75, 3.05) is 32.1 Å². The summed E-state index contributed by atoms with van der Waals surface area (Å²) in [5, 5.41) is 3.39. The second kappa shape index (κ2) is 9.83. The summed E-state index contributed by atoms with van der Waals surface area (Å²) in [7, 11) is 1.53. The average Bonchev–Trinajstić information content (AvgIpc) is 2.67. The lowest BCUT2D eigenvalue weighted by Gasteiger charge is -2.21. The van der Waals surface area contributed by atoms with Crippen molar-refractivity contribution in [3.05, 3.63) is 53.1 Å². The molecule has 0 spiro atoms. The van der Waals surface area contributed by atoms with E-state index in [1.807, 2.05) is 13.0 Å². The van der Waals surface area contributed by atoms with Gasteiger partial charge in [-0.2, -0.15) is 0 Å². The summed E-state index contributed by atoms with van der Waals surface area (Å²) in [6, 6.07) is 12.3. The van der Waals surface area contributed by atoms with Gasteiger partial charge in [0.1, 0.15) is 11.5 Å². The summed E-state index contributed by atoms with van der Waals surface area (Å²) in [5.74, 6) is 0.527. The van der Waals surface area contributed by atoms with Crippen LogP contribution in [0.15, 0.2) is 42.5 Å². The van der Waals surface area contributed by atoms with Crippen molar-refractivity contribution in [3.63, 3.8) is 0 Å². The van der Waals surface area contributed by atoms with Crippen LogP contribution >= 0.6 is 11.6 Å². The van der Waals surface area contributed by atoms with Gasteiger partial charge in [0.25, 0.3) is 5.91 Å². The molecule has 0 aliphatic rings. The maximum absolute atomic E-state index is 12.4. The molecule has 144 valence electrons. The van der Waals surface area contributed by atoms with Crippen LogP contribution in [0.5, 0.6) is 11.5 Å². The third-order valence-corrected chi connectivity index (χ3v) is 4.37. The maximum atomic E-state index is 12.4. The van der Waals surface area contributed by atoms with Gasteiger partial charge < -0.3 is 19.7 Å². The van der Waals surface area contributed by atoms with Crippen LogP contribution in [0, 0.1) is 6.92 Å². The molecule has 0 aliphatic heterocycles. The van der Waals surface area contributed by atoms with E-state index in [0.717, 1.165) is 5.56 Å². The number of rotatable bonds is 8. The van der Waals surface area contributed by atoms with Gasteiger partial charge in [0.05, 0.1) is 19.3 Å². The second-order valence-electron chi connectivity index (χ2n) is 5.86. The van der Waals surface area contributed by atoms with Crippen molar-refractivity contribution >= 4 is 29.1 Å². The Bertz CT molecular complexity index is 810. The number of amides is 2. The van der Waals surface area contributed by atoms with Crippen molar-refractivity contribution in [3.8, 4) is 11.5 Å². The van der Waals surface area contributed by atoms with E-state index in [9.17, 15) is 9.59 Å². The minimum absolute atomic E-state index is 0.0730. The Kier molecular flexibility index (Phi) is 7.49. The lowest BCUT2D eigenvalue weighted by atomic mass is 10.2. The fraction of sp³-hybridized carbons (Fsp3) is 0.300. The maximum Gasteiger partial charge on any atom is 0.260 e. The minimum atomic E-state index is -0.308. The number of anilines is 1.